The fourth-order valence-corrected chi connectivity index (χ4v) is 4.94. The lowest BCUT2D eigenvalue weighted by atomic mass is 10.1. The van der Waals surface area contributed by atoms with E-state index in [1.807, 2.05) is 43.3 Å². The number of para-hydroxylation sites is 1. The molecular weight excluding hydrogens is 450 g/mol. The van der Waals surface area contributed by atoms with Gasteiger partial charge < -0.3 is 13.8 Å². The Morgan fingerprint density at radius 3 is 2.32 bits per heavy atom. The van der Waals surface area contributed by atoms with Crippen LogP contribution < -0.4 is 13.8 Å². The van der Waals surface area contributed by atoms with Crippen LogP contribution in [0.1, 0.15) is 16.7 Å². The molecule has 0 atom stereocenters. The Morgan fingerprint density at radius 2 is 1.65 bits per heavy atom. The Morgan fingerprint density at radius 1 is 0.941 bits per heavy atom. The highest BCUT2D eigenvalue weighted by Gasteiger charge is 2.22. The van der Waals surface area contributed by atoms with Gasteiger partial charge in [0.2, 0.25) is 0 Å². The lowest BCUT2D eigenvalue weighted by Gasteiger charge is -2.36. The average Bonchev–Trinajstić information content (AvgIpc) is 2.85. The van der Waals surface area contributed by atoms with Gasteiger partial charge in [-0.1, -0.05) is 35.9 Å². The van der Waals surface area contributed by atoms with E-state index in [1.165, 1.54) is 19.2 Å². The van der Waals surface area contributed by atoms with Gasteiger partial charge in [0.05, 0.1) is 18.4 Å². The van der Waals surface area contributed by atoms with E-state index in [9.17, 15) is 13.7 Å². The number of ether oxygens (including phenoxy) is 1. The number of nitrogens with zero attached hydrogens (tertiary/aromatic N) is 3. The van der Waals surface area contributed by atoms with Crippen molar-refractivity contribution in [3.63, 3.8) is 0 Å². The van der Waals surface area contributed by atoms with Gasteiger partial charge in [0.15, 0.2) is 11.5 Å². The largest absolute Gasteiger partial charge is 0.493 e. The van der Waals surface area contributed by atoms with Crippen molar-refractivity contribution in [3.8, 4) is 17.6 Å². The van der Waals surface area contributed by atoms with Crippen molar-refractivity contribution in [2.75, 3.05) is 38.2 Å². The second-order valence-electron chi connectivity index (χ2n) is 8.23. The molecule has 34 heavy (non-hydrogen) atoms. The van der Waals surface area contributed by atoms with E-state index in [4.69, 9.17) is 8.92 Å². The number of nitriles is 1. The van der Waals surface area contributed by atoms with E-state index in [2.05, 4.69) is 15.9 Å². The van der Waals surface area contributed by atoms with Crippen LogP contribution in [0.3, 0.4) is 0 Å². The number of hydrogen-bond donors (Lipinski definition) is 0. The van der Waals surface area contributed by atoms with E-state index in [-0.39, 0.29) is 10.6 Å². The van der Waals surface area contributed by atoms with Crippen LogP contribution in [-0.4, -0.2) is 46.6 Å². The smallest absolute Gasteiger partial charge is 0.339 e. The van der Waals surface area contributed by atoms with Crippen LogP contribution in [0.15, 0.2) is 71.6 Å². The van der Waals surface area contributed by atoms with E-state index in [0.29, 0.717) is 17.9 Å². The van der Waals surface area contributed by atoms with Gasteiger partial charge in [0, 0.05) is 32.7 Å². The molecule has 3 aromatic rings. The zero-order valence-corrected chi connectivity index (χ0v) is 20.1. The third kappa shape index (κ3) is 5.33. The molecule has 1 fully saturated rings. The Balaban J connectivity index is 1.41. The Labute approximate surface area is 200 Å². The molecule has 8 heteroatoms. The number of benzene rings is 3. The summed E-state index contributed by atoms with van der Waals surface area (Å²) in [5, 5.41) is 9.37. The first-order chi connectivity index (χ1) is 16.4. The summed E-state index contributed by atoms with van der Waals surface area (Å²) in [6.45, 7) is 5.95. The minimum atomic E-state index is -3.96. The first-order valence-corrected chi connectivity index (χ1v) is 12.4. The molecule has 0 radical (unpaired) electrons. The third-order valence-electron chi connectivity index (χ3n) is 5.88. The molecule has 0 N–H and O–H groups in total. The molecule has 4 rings (SSSR count). The number of rotatable bonds is 7. The fraction of sp³-hybridized carbons (Fsp3) is 0.269. The molecule has 0 bridgehead atoms. The van der Waals surface area contributed by atoms with E-state index in [1.54, 1.807) is 18.2 Å². The summed E-state index contributed by atoms with van der Waals surface area (Å²) in [4.78, 5) is 4.66. The molecule has 0 saturated carbocycles. The molecule has 0 spiro atoms. The van der Waals surface area contributed by atoms with Crippen LogP contribution in [0, 0.1) is 18.3 Å². The van der Waals surface area contributed by atoms with Crippen molar-refractivity contribution < 1.29 is 17.3 Å². The second kappa shape index (κ2) is 10.2. The van der Waals surface area contributed by atoms with Gasteiger partial charge in [-0.25, -0.2) is 0 Å². The molecule has 0 aromatic heterocycles. The van der Waals surface area contributed by atoms with Crippen molar-refractivity contribution in [2.24, 2.45) is 0 Å². The molecule has 1 heterocycles. The van der Waals surface area contributed by atoms with Crippen LogP contribution in [-0.2, 0) is 16.7 Å². The average molecular weight is 478 g/mol. The Hall–Kier alpha value is -3.54. The second-order valence-corrected chi connectivity index (χ2v) is 9.77. The van der Waals surface area contributed by atoms with Gasteiger partial charge in [0.25, 0.3) is 0 Å². The van der Waals surface area contributed by atoms with Crippen molar-refractivity contribution in [3.05, 3.63) is 83.4 Å². The van der Waals surface area contributed by atoms with Crippen molar-refractivity contribution in [1.82, 2.24) is 4.90 Å². The van der Waals surface area contributed by atoms with Gasteiger partial charge >= 0.3 is 10.1 Å². The number of anilines is 1. The predicted molar refractivity (Wildman–Crippen MR) is 131 cm³/mol. The summed E-state index contributed by atoms with van der Waals surface area (Å²) in [5.41, 5.74) is 3.64. The highest BCUT2D eigenvalue weighted by Crippen LogP contribution is 2.31. The van der Waals surface area contributed by atoms with Gasteiger partial charge in [0.1, 0.15) is 11.0 Å². The van der Waals surface area contributed by atoms with E-state index >= 15 is 0 Å². The standard InChI is InChI=1S/C26H27N3O4S/c1-20-7-10-23(11-8-20)34(30,31)33-25-12-9-21(17-26(25)32-2)19-28-13-15-29(16-14-28)24-6-4-3-5-22(24)18-27/h3-12,17H,13-16,19H2,1-2H3. The number of hydrogen-bond acceptors (Lipinski definition) is 7. The first kappa shape index (κ1) is 23.6. The number of piperazine rings is 1. The maximum Gasteiger partial charge on any atom is 0.339 e. The Bertz CT molecular complexity index is 1290. The predicted octanol–water partition coefficient (Wildman–Crippen LogP) is 3.97. The molecule has 7 nitrogen and oxygen atoms in total. The third-order valence-corrected chi connectivity index (χ3v) is 7.13. The minimum Gasteiger partial charge on any atom is -0.493 e. The summed E-state index contributed by atoms with van der Waals surface area (Å²) < 4.78 is 36.1. The molecule has 1 aliphatic heterocycles. The lowest BCUT2D eigenvalue weighted by molar-refractivity contribution is 0.249. The Kier molecular flexibility index (Phi) is 7.06. The topological polar surface area (TPSA) is 82.9 Å². The zero-order valence-electron chi connectivity index (χ0n) is 19.3. The highest BCUT2D eigenvalue weighted by molar-refractivity contribution is 7.87. The number of aryl methyl sites for hydroxylation is 1. The summed E-state index contributed by atoms with van der Waals surface area (Å²) in [6.07, 6.45) is 0. The van der Waals surface area contributed by atoms with Gasteiger partial charge in [-0.2, -0.15) is 13.7 Å². The van der Waals surface area contributed by atoms with Crippen LogP contribution in [0.25, 0.3) is 0 Å². The summed E-state index contributed by atoms with van der Waals surface area (Å²) in [6, 6.07) is 21.8. The highest BCUT2D eigenvalue weighted by atomic mass is 32.2. The summed E-state index contributed by atoms with van der Waals surface area (Å²) in [7, 11) is -2.46. The van der Waals surface area contributed by atoms with E-state index in [0.717, 1.165) is 43.0 Å². The normalized spacial score (nSPS) is 14.4. The molecule has 0 unspecified atom stereocenters. The van der Waals surface area contributed by atoms with Crippen LogP contribution >= 0.6 is 0 Å². The minimum absolute atomic E-state index is 0.0973. The zero-order chi connectivity index (χ0) is 24.1. The van der Waals surface area contributed by atoms with Crippen LogP contribution in [0.5, 0.6) is 11.5 Å². The van der Waals surface area contributed by atoms with Crippen LogP contribution in [0.2, 0.25) is 0 Å². The molecular formula is C26H27N3O4S. The van der Waals surface area contributed by atoms with Gasteiger partial charge in [-0.15, -0.1) is 0 Å². The SMILES string of the molecule is COc1cc(CN2CCN(c3ccccc3C#N)CC2)ccc1OS(=O)(=O)c1ccc(C)cc1. The molecule has 1 saturated heterocycles. The molecule has 3 aromatic carbocycles. The van der Waals surface area contributed by atoms with Crippen molar-refractivity contribution >= 4 is 15.8 Å². The lowest BCUT2D eigenvalue weighted by Crippen LogP contribution is -2.46. The van der Waals surface area contributed by atoms with Gasteiger partial charge in [-0.3, -0.25) is 4.90 Å². The maximum atomic E-state index is 12.7. The molecule has 1 aliphatic rings. The fourth-order valence-electron chi connectivity index (χ4n) is 4.00. The van der Waals surface area contributed by atoms with E-state index < -0.39 is 10.1 Å². The number of methoxy groups -OCH3 is 1. The molecule has 176 valence electrons. The van der Waals surface area contributed by atoms with Gasteiger partial charge in [-0.05, 0) is 48.9 Å². The van der Waals surface area contributed by atoms with Crippen molar-refractivity contribution in [1.29, 1.82) is 5.26 Å². The van der Waals surface area contributed by atoms with Crippen molar-refractivity contribution in [2.45, 2.75) is 18.4 Å². The molecule has 0 aliphatic carbocycles. The van der Waals surface area contributed by atoms with Crippen LogP contribution in [0.4, 0.5) is 5.69 Å². The summed E-state index contributed by atoms with van der Waals surface area (Å²) >= 11 is 0. The maximum absolute atomic E-state index is 12.7. The summed E-state index contributed by atoms with van der Waals surface area (Å²) in [5.74, 6) is 0.527. The monoisotopic (exact) mass is 477 g/mol. The molecule has 0 amide bonds. The quantitative estimate of drug-likeness (QED) is 0.476. The first-order valence-electron chi connectivity index (χ1n) is 11.0.